The molecule has 1 aromatic carbocycles. The molecule has 2 aliphatic rings. The predicted octanol–water partition coefficient (Wildman–Crippen LogP) is 3.09. The van der Waals surface area contributed by atoms with Gasteiger partial charge >= 0.3 is 6.03 Å². The molecule has 3 amide bonds. The Morgan fingerprint density at radius 3 is 2.86 bits per heavy atom. The van der Waals surface area contributed by atoms with Crippen molar-refractivity contribution in [1.82, 2.24) is 14.7 Å². The zero-order valence-corrected chi connectivity index (χ0v) is 16.6. The first kappa shape index (κ1) is 19.7. The molecule has 2 aliphatic heterocycles. The maximum atomic E-state index is 13.3. The van der Waals surface area contributed by atoms with Crippen molar-refractivity contribution < 1.29 is 18.7 Å². The quantitative estimate of drug-likeness (QED) is 0.797. The summed E-state index contributed by atoms with van der Waals surface area (Å²) in [5.41, 5.74) is 1.23. The van der Waals surface area contributed by atoms with E-state index in [1.54, 1.807) is 15.6 Å². The number of rotatable bonds is 3. The summed E-state index contributed by atoms with van der Waals surface area (Å²) in [6.07, 6.45) is 0.706. The number of carbonyl (C=O) groups excluding carboxylic acids is 2. The zero-order chi connectivity index (χ0) is 20.5. The molecule has 2 unspecified atom stereocenters. The van der Waals surface area contributed by atoms with Gasteiger partial charge in [0, 0.05) is 18.4 Å². The average Bonchev–Trinajstić information content (AvgIpc) is 3.33. The third-order valence-corrected chi connectivity index (χ3v) is 5.44. The third-order valence-electron chi connectivity index (χ3n) is 5.15. The number of hydrogen-bond donors (Lipinski definition) is 2. The van der Waals surface area contributed by atoms with Crippen LogP contribution in [0.2, 0.25) is 5.02 Å². The van der Waals surface area contributed by atoms with Gasteiger partial charge < -0.3 is 20.3 Å². The van der Waals surface area contributed by atoms with Gasteiger partial charge in [0.2, 0.25) is 5.91 Å². The number of amides is 3. The molecule has 0 aliphatic carbocycles. The van der Waals surface area contributed by atoms with Gasteiger partial charge in [-0.3, -0.25) is 9.48 Å². The molecule has 0 spiro atoms. The standard InChI is InChI=1S/C19H21ClFN5O3/c1-11-8-26-14(7-17(24-26)23-18(27)12-4-5-29-10-12)9-25(11)19(28)22-13-2-3-16(21)15(20)6-13/h2-3,6-7,11-12H,4-5,8-10H2,1H3,(H,22,28)(H,23,24,27). The molecule has 1 saturated heterocycles. The molecule has 1 fully saturated rings. The van der Waals surface area contributed by atoms with Crippen LogP contribution in [0.1, 0.15) is 19.0 Å². The van der Waals surface area contributed by atoms with Gasteiger partial charge in [-0.15, -0.1) is 0 Å². The van der Waals surface area contributed by atoms with E-state index in [1.165, 1.54) is 18.2 Å². The molecular formula is C19H21ClFN5O3. The van der Waals surface area contributed by atoms with Crippen LogP contribution in [0, 0.1) is 11.7 Å². The fourth-order valence-corrected chi connectivity index (χ4v) is 3.67. The number of aromatic nitrogens is 2. The minimum atomic E-state index is -0.543. The van der Waals surface area contributed by atoms with Gasteiger partial charge in [-0.05, 0) is 31.5 Å². The minimum absolute atomic E-state index is 0.0550. The Balaban J connectivity index is 1.43. The zero-order valence-electron chi connectivity index (χ0n) is 15.8. The summed E-state index contributed by atoms with van der Waals surface area (Å²) in [7, 11) is 0. The summed E-state index contributed by atoms with van der Waals surface area (Å²) in [4.78, 5) is 26.6. The van der Waals surface area contributed by atoms with Crippen LogP contribution in [-0.2, 0) is 22.6 Å². The van der Waals surface area contributed by atoms with Crippen LogP contribution < -0.4 is 10.6 Å². The van der Waals surface area contributed by atoms with E-state index in [9.17, 15) is 14.0 Å². The highest BCUT2D eigenvalue weighted by atomic mass is 35.5. The summed E-state index contributed by atoms with van der Waals surface area (Å²) in [5, 5.41) is 9.95. The van der Waals surface area contributed by atoms with E-state index in [-0.39, 0.29) is 28.9 Å². The molecule has 0 radical (unpaired) electrons. The summed E-state index contributed by atoms with van der Waals surface area (Å²) in [6, 6.07) is 5.37. The lowest BCUT2D eigenvalue weighted by Gasteiger charge is -2.33. The van der Waals surface area contributed by atoms with Crippen LogP contribution >= 0.6 is 11.6 Å². The molecule has 10 heteroatoms. The van der Waals surface area contributed by atoms with Crippen LogP contribution in [-0.4, -0.2) is 45.9 Å². The van der Waals surface area contributed by atoms with Gasteiger partial charge in [0.05, 0.1) is 42.4 Å². The van der Waals surface area contributed by atoms with Gasteiger partial charge in [0.25, 0.3) is 0 Å². The fraction of sp³-hybridized carbons (Fsp3) is 0.421. The van der Waals surface area contributed by atoms with Crippen LogP contribution in [0.5, 0.6) is 0 Å². The molecule has 8 nitrogen and oxygen atoms in total. The second-order valence-electron chi connectivity index (χ2n) is 7.29. The predicted molar refractivity (Wildman–Crippen MR) is 105 cm³/mol. The number of halogens is 2. The highest BCUT2D eigenvalue weighted by molar-refractivity contribution is 6.31. The SMILES string of the molecule is CC1Cn2nc(NC(=O)C3CCOC3)cc2CN1C(=O)Nc1ccc(F)c(Cl)c1. The first-order valence-electron chi connectivity index (χ1n) is 9.38. The van der Waals surface area contributed by atoms with Crippen molar-refractivity contribution >= 4 is 35.0 Å². The monoisotopic (exact) mass is 421 g/mol. The molecule has 4 rings (SSSR count). The Morgan fingerprint density at radius 1 is 1.31 bits per heavy atom. The highest BCUT2D eigenvalue weighted by Crippen LogP contribution is 2.24. The Bertz CT molecular complexity index is 944. The molecule has 29 heavy (non-hydrogen) atoms. The second-order valence-corrected chi connectivity index (χ2v) is 7.70. The number of ether oxygens (including phenoxy) is 1. The highest BCUT2D eigenvalue weighted by Gasteiger charge is 2.29. The van der Waals surface area contributed by atoms with E-state index in [1.807, 2.05) is 6.92 Å². The van der Waals surface area contributed by atoms with Crippen molar-refractivity contribution in [2.75, 3.05) is 23.8 Å². The third kappa shape index (κ3) is 4.20. The summed E-state index contributed by atoms with van der Waals surface area (Å²) >= 11 is 5.78. The summed E-state index contributed by atoms with van der Waals surface area (Å²) < 4.78 is 20.4. The topological polar surface area (TPSA) is 88.5 Å². The minimum Gasteiger partial charge on any atom is -0.381 e. The molecule has 2 N–H and O–H groups in total. The Hall–Kier alpha value is -2.65. The normalized spacial score (nSPS) is 21.0. The lowest BCUT2D eigenvalue weighted by Crippen LogP contribution is -2.46. The van der Waals surface area contributed by atoms with Crippen molar-refractivity contribution in [3.63, 3.8) is 0 Å². The molecule has 154 valence electrons. The number of fused-ring (bicyclic) bond motifs is 1. The van der Waals surface area contributed by atoms with Crippen LogP contribution in [0.15, 0.2) is 24.3 Å². The maximum absolute atomic E-state index is 13.3. The van der Waals surface area contributed by atoms with E-state index in [4.69, 9.17) is 16.3 Å². The smallest absolute Gasteiger partial charge is 0.322 e. The Morgan fingerprint density at radius 2 is 2.14 bits per heavy atom. The lowest BCUT2D eigenvalue weighted by atomic mass is 10.1. The summed E-state index contributed by atoms with van der Waals surface area (Å²) in [6.45, 7) is 3.76. The molecule has 2 aromatic rings. The number of benzene rings is 1. The van der Waals surface area contributed by atoms with Crippen LogP contribution in [0.4, 0.5) is 20.7 Å². The molecule has 1 aromatic heterocycles. The summed E-state index contributed by atoms with van der Waals surface area (Å²) in [5.74, 6) is -0.332. The van der Waals surface area contributed by atoms with E-state index in [2.05, 4.69) is 15.7 Å². The molecule has 0 bridgehead atoms. The number of hydrogen-bond acceptors (Lipinski definition) is 4. The first-order valence-corrected chi connectivity index (χ1v) is 9.76. The van der Waals surface area contributed by atoms with Gasteiger partial charge in [0.15, 0.2) is 5.82 Å². The molecular weight excluding hydrogens is 401 g/mol. The largest absolute Gasteiger partial charge is 0.381 e. The van der Waals surface area contributed by atoms with Gasteiger partial charge in [-0.25, -0.2) is 9.18 Å². The number of nitrogens with one attached hydrogen (secondary N) is 2. The van der Waals surface area contributed by atoms with Crippen LogP contribution in [0.3, 0.4) is 0 Å². The van der Waals surface area contributed by atoms with Crippen molar-refractivity contribution in [1.29, 1.82) is 0 Å². The number of anilines is 2. The Kier molecular flexibility index (Phi) is 5.42. The Labute approximate surface area is 171 Å². The maximum Gasteiger partial charge on any atom is 0.322 e. The number of carbonyl (C=O) groups is 2. The van der Waals surface area contributed by atoms with Crippen molar-refractivity contribution in [2.45, 2.75) is 32.5 Å². The number of nitrogens with zero attached hydrogens (tertiary/aromatic N) is 3. The van der Waals surface area contributed by atoms with E-state index >= 15 is 0 Å². The van der Waals surface area contributed by atoms with Gasteiger partial charge in [-0.1, -0.05) is 11.6 Å². The van der Waals surface area contributed by atoms with Gasteiger partial charge in [0.1, 0.15) is 5.82 Å². The average molecular weight is 422 g/mol. The first-order chi connectivity index (χ1) is 13.9. The van der Waals surface area contributed by atoms with Crippen molar-refractivity contribution in [2.24, 2.45) is 5.92 Å². The van der Waals surface area contributed by atoms with E-state index in [0.29, 0.717) is 44.2 Å². The molecule has 3 heterocycles. The fourth-order valence-electron chi connectivity index (χ4n) is 3.49. The van der Waals surface area contributed by atoms with Crippen LogP contribution in [0.25, 0.3) is 0 Å². The number of urea groups is 1. The van der Waals surface area contributed by atoms with E-state index < -0.39 is 5.82 Å². The van der Waals surface area contributed by atoms with E-state index in [0.717, 1.165) is 5.69 Å². The molecule has 0 saturated carbocycles. The van der Waals surface area contributed by atoms with Crippen molar-refractivity contribution in [3.8, 4) is 0 Å². The van der Waals surface area contributed by atoms with Gasteiger partial charge in [-0.2, -0.15) is 5.10 Å². The second kappa shape index (κ2) is 8.00. The van der Waals surface area contributed by atoms with Crippen molar-refractivity contribution in [3.05, 3.63) is 40.8 Å². The molecule has 2 atom stereocenters. The lowest BCUT2D eigenvalue weighted by molar-refractivity contribution is -0.119.